The molecule has 0 spiro atoms. The van der Waals surface area contributed by atoms with Crippen LogP contribution in [0.5, 0.6) is 0 Å². The Bertz CT molecular complexity index is 328. The molecule has 0 amide bonds. The lowest BCUT2D eigenvalue weighted by molar-refractivity contribution is 0.636. The molecule has 0 fully saturated rings. The Morgan fingerprint density at radius 2 is 2.19 bits per heavy atom. The van der Waals surface area contributed by atoms with Crippen molar-refractivity contribution >= 4 is 23.4 Å². The molecule has 0 heterocycles. The molecule has 1 nitrogen and oxygen atoms in total. The van der Waals surface area contributed by atoms with Gasteiger partial charge in [-0.05, 0) is 36.7 Å². The van der Waals surface area contributed by atoms with Crippen LogP contribution in [0, 0.1) is 5.92 Å². The van der Waals surface area contributed by atoms with Crippen molar-refractivity contribution < 1.29 is 0 Å². The van der Waals surface area contributed by atoms with Crippen LogP contribution in [-0.2, 0) is 6.54 Å². The fourth-order valence-corrected chi connectivity index (χ4v) is 2.74. The van der Waals surface area contributed by atoms with Gasteiger partial charge in [0.05, 0.1) is 0 Å². The van der Waals surface area contributed by atoms with Gasteiger partial charge in [0, 0.05) is 22.2 Å². The average molecular weight is 258 g/mol. The van der Waals surface area contributed by atoms with Crippen molar-refractivity contribution in [3.63, 3.8) is 0 Å². The van der Waals surface area contributed by atoms with Crippen molar-refractivity contribution in [2.45, 2.75) is 31.7 Å². The summed E-state index contributed by atoms with van der Waals surface area (Å²) in [7, 11) is 1.96. The Kier molecular flexibility index (Phi) is 6.25. The largest absolute Gasteiger partial charge is 0.316 e. The van der Waals surface area contributed by atoms with Gasteiger partial charge in [0.15, 0.2) is 0 Å². The number of hydrogen-bond acceptors (Lipinski definition) is 2. The van der Waals surface area contributed by atoms with Crippen LogP contribution in [0.15, 0.2) is 23.1 Å². The Morgan fingerprint density at radius 1 is 1.44 bits per heavy atom. The molecule has 0 radical (unpaired) electrons. The van der Waals surface area contributed by atoms with Gasteiger partial charge < -0.3 is 5.32 Å². The van der Waals surface area contributed by atoms with Gasteiger partial charge >= 0.3 is 0 Å². The van der Waals surface area contributed by atoms with E-state index in [0.717, 1.165) is 17.5 Å². The molecule has 0 aliphatic heterocycles. The van der Waals surface area contributed by atoms with E-state index in [1.807, 2.05) is 24.9 Å². The van der Waals surface area contributed by atoms with Crippen molar-refractivity contribution in [1.82, 2.24) is 5.32 Å². The molecule has 1 rings (SSSR count). The topological polar surface area (TPSA) is 12.0 Å². The highest BCUT2D eigenvalue weighted by molar-refractivity contribution is 7.99. The summed E-state index contributed by atoms with van der Waals surface area (Å²) >= 11 is 7.94. The van der Waals surface area contributed by atoms with E-state index in [9.17, 15) is 0 Å². The van der Waals surface area contributed by atoms with E-state index in [2.05, 4.69) is 31.3 Å². The minimum absolute atomic E-state index is 0.767. The first-order valence-electron chi connectivity index (χ1n) is 5.73. The Morgan fingerprint density at radius 3 is 2.81 bits per heavy atom. The Hall–Kier alpha value is -0.180. The van der Waals surface area contributed by atoms with Crippen LogP contribution >= 0.6 is 23.4 Å². The minimum Gasteiger partial charge on any atom is -0.316 e. The first kappa shape index (κ1) is 13.9. The Balaban J connectivity index is 2.70. The van der Waals surface area contributed by atoms with E-state index in [0.29, 0.717) is 0 Å². The van der Waals surface area contributed by atoms with Crippen LogP contribution in [0.3, 0.4) is 0 Å². The number of rotatable bonds is 6. The van der Waals surface area contributed by atoms with E-state index >= 15 is 0 Å². The number of thioether (sulfide) groups is 1. The summed E-state index contributed by atoms with van der Waals surface area (Å²) in [5.74, 6) is 1.94. The standard InChI is InChI=1S/C13H20ClNS/c1-4-10(2)9-16-13-6-5-12(14)7-11(13)8-15-3/h5-7,10,15H,4,8-9H2,1-3H3. The van der Waals surface area contributed by atoms with Crippen LogP contribution in [0.2, 0.25) is 5.02 Å². The summed E-state index contributed by atoms with van der Waals surface area (Å²) in [6.45, 7) is 5.41. The second-order valence-electron chi connectivity index (χ2n) is 4.11. The normalized spacial score (nSPS) is 12.8. The summed E-state index contributed by atoms with van der Waals surface area (Å²) in [6, 6.07) is 6.15. The third kappa shape index (κ3) is 4.36. The molecule has 1 N–H and O–H groups in total. The lowest BCUT2D eigenvalue weighted by atomic mass is 10.2. The van der Waals surface area contributed by atoms with Gasteiger partial charge in [-0.3, -0.25) is 0 Å². The number of benzene rings is 1. The van der Waals surface area contributed by atoms with Gasteiger partial charge in [0.1, 0.15) is 0 Å². The van der Waals surface area contributed by atoms with Gasteiger partial charge in [-0.15, -0.1) is 11.8 Å². The van der Waals surface area contributed by atoms with Crippen molar-refractivity contribution in [2.75, 3.05) is 12.8 Å². The summed E-state index contributed by atoms with van der Waals surface area (Å²) in [6.07, 6.45) is 1.24. The fraction of sp³-hybridized carbons (Fsp3) is 0.538. The Labute approximate surface area is 108 Å². The van der Waals surface area contributed by atoms with Crippen LogP contribution in [0.4, 0.5) is 0 Å². The summed E-state index contributed by atoms with van der Waals surface area (Å²) in [5.41, 5.74) is 1.29. The maximum atomic E-state index is 6.01. The number of halogens is 1. The number of hydrogen-bond donors (Lipinski definition) is 1. The van der Waals surface area contributed by atoms with Crippen molar-refractivity contribution in [3.05, 3.63) is 28.8 Å². The lowest BCUT2D eigenvalue weighted by Gasteiger charge is -2.12. The van der Waals surface area contributed by atoms with E-state index in [4.69, 9.17) is 11.6 Å². The molecule has 0 bridgehead atoms. The van der Waals surface area contributed by atoms with E-state index in [1.165, 1.54) is 22.6 Å². The van der Waals surface area contributed by atoms with Crippen LogP contribution < -0.4 is 5.32 Å². The van der Waals surface area contributed by atoms with Crippen molar-refractivity contribution in [1.29, 1.82) is 0 Å². The van der Waals surface area contributed by atoms with Crippen molar-refractivity contribution in [3.8, 4) is 0 Å². The minimum atomic E-state index is 0.767. The second-order valence-corrected chi connectivity index (χ2v) is 5.61. The molecule has 0 aliphatic carbocycles. The van der Waals surface area contributed by atoms with Gasteiger partial charge in [-0.2, -0.15) is 0 Å². The molecule has 90 valence electrons. The van der Waals surface area contributed by atoms with Crippen LogP contribution in [0.1, 0.15) is 25.8 Å². The summed E-state index contributed by atoms with van der Waals surface area (Å²) in [4.78, 5) is 1.35. The third-order valence-corrected chi connectivity index (χ3v) is 4.29. The molecule has 3 heteroatoms. The maximum Gasteiger partial charge on any atom is 0.0410 e. The number of nitrogens with one attached hydrogen (secondary N) is 1. The zero-order chi connectivity index (χ0) is 12.0. The molecule has 1 aromatic rings. The van der Waals surface area contributed by atoms with Crippen molar-refractivity contribution in [2.24, 2.45) is 5.92 Å². The molecule has 0 aliphatic rings. The van der Waals surface area contributed by atoms with E-state index < -0.39 is 0 Å². The second kappa shape index (κ2) is 7.21. The maximum absolute atomic E-state index is 6.01. The zero-order valence-electron chi connectivity index (χ0n) is 10.2. The molecular weight excluding hydrogens is 238 g/mol. The molecule has 0 saturated heterocycles. The first-order valence-corrected chi connectivity index (χ1v) is 7.09. The smallest absolute Gasteiger partial charge is 0.0410 e. The lowest BCUT2D eigenvalue weighted by Crippen LogP contribution is -2.06. The average Bonchev–Trinajstić information content (AvgIpc) is 2.28. The molecule has 1 unspecified atom stereocenters. The highest BCUT2D eigenvalue weighted by atomic mass is 35.5. The monoisotopic (exact) mass is 257 g/mol. The van der Waals surface area contributed by atoms with E-state index in [-0.39, 0.29) is 0 Å². The highest BCUT2D eigenvalue weighted by Crippen LogP contribution is 2.27. The fourth-order valence-electron chi connectivity index (χ4n) is 1.37. The van der Waals surface area contributed by atoms with Gasteiger partial charge in [0.25, 0.3) is 0 Å². The van der Waals surface area contributed by atoms with E-state index in [1.54, 1.807) is 0 Å². The molecular formula is C13H20ClNS. The van der Waals surface area contributed by atoms with Gasteiger partial charge in [0.2, 0.25) is 0 Å². The third-order valence-electron chi connectivity index (χ3n) is 2.61. The SMILES string of the molecule is CCC(C)CSc1ccc(Cl)cc1CNC. The van der Waals surface area contributed by atoms with Gasteiger partial charge in [-0.25, -0.2) is 0 Å². The van der Waals surface area contributed by atoms with Gasteiger partial charge in [-0.1, -0.05) is 31.9 Å². The zero-order valence-corrected chi connectivity index (χ0v) is 11.8. The van der Waals surface area contributed by atoms with Crippen LogP contribution in [-0.4, -0.2) is 12.8 Å². The summed E-state index contributed by atoms with van der Waals surface area (Å²) < 4.78 is 0. The summed E-state index contributed by atoms with van der Waals surface area (Å²) in [5, 5.41) is 4.00. The molecule has 0 saturated carbocycles. The highest BCUT2D eigenvalue weighted by Gasteiger charge is 2.06. The molecule has 1 atom stereocenters. The first-order chi connectivity index (χ1) is 7.67. The van der Waals surface area contributed by atoms with Crippen LogP contribution in [0.25, 0.3) is 0 Å². The molecule has 1 aromatic carbocycles. The molecule has 0 aromatic heterocycles. The predicted molar refractivity (Wildman–Crippen MR) is 74.4 cm³/mol. The predicted octanol–water partition coefficient (Wildman–Crippen LogP) is 4.20. The quantitative estimate of drug-likeness (QED) is 0.767. The molecule has 16 heavy (non-hydrogen) atoms.